The fourth-order valence-electron chi connectivity index (χ4n) is 2.82. The van der Waals surface area contributed by atoms with E-state index in [4.69, 9.17) is 0 Å². The number of hydrogen-bond donors (Lipinski definition) is 2. The molecule has 0 aliphatic carbocycles. The Kier molecular flexibility index (Phi) is 8.72. The molecular weight excluding hydrogens is 334 g/mol. The van der Waals surface area contributed by atoms with Gasteiger partial charge in [0.15, 0.2) is 5.96 Å². The second-order valence-electron chi connectivity index (χ2n) is 6.24. The topological polar surface area (TPSA) is 69.6 Å². The zero-order valence-corrected chi connectivity index (χ0v) is 16.3. The molecule has 1 aromatic rings. The number of carbonyl (C=O) groups excluding carboxylic acids is 1. The molecule has 0 saturated carbocycles. The quantitative estimate of drug-likeness (QED) is 0.422. The number of carbonyl (C=O) groups is 1. The summed E-state index contributed by atoms with van der Waals surface area (Å²) in [5.74, 6) is 1.13. The summed E-state index contributed by atoms with van der Waals surface area (Å²) in [6.07, 6.45) is 7.97. The van der Waals surface area contributed by atoms with Crippen molar-refractivity contribution in [2.75, 3.05) is 26.2 Å². The summed E-state index contributed by atoms with van der Waals surface area (Å²) in [7, 11) is 0. The lowest BCUT2D eigenvalue weighted by molar-refractivity contribution is -0.130. The molecule has 1 fully saturated rings. The molecule has 0 spiro atoms. The summed E-state index contributed by atoms with van der Waals surface area (Å²) in [5.41, 5.74) is 0. The first-order chi connectivity index (χ1) is 12.2. The summed E-state index contributed by atoms with van der Waals surface area (Å²) in [6, 6.07) is 0. The monoisotopic (exact) mass is 365 g/mol. The van der Waals surface area contributed by atoms with E-state index >= 15 is 0 Å². The number of aromatic nitrogens is 1. The van der Waals surface area contributed by atoms with Crippen LogP contribution in [0.3, 0.4) is 0 Å². The van der Waals surface area contributed by atoms with Crippen molar-refractivity contribution in [2.45, 2.75) is 58.9 Å². The van der Waals surface area contributed by atoms with Gasteiger partial charge in [-0.3, -0.25) is 4.79 Å². The van der Waals surface area contributed by atoms with Crippen molar-refractivity contribution in [3.8, 4) is 0 Å². The smallest absolute Gasteiger partial charge is 0.222 e. The molecule has 1 aromatic heterocycles. The van der Waals surface area contributed by atoms with Gasteiger partial charge in [0.05, 0.1) is 6.54 Å². The summed E-state index contributed by atoms with van der Waals surface area (Å²) in [5, 5.41) is 7.67. The highest BCUT2D eigenvalue weighted by Gasteiger charge is 2.15. The van der Waals surface area contributed by atoms with Crippen LogP contribution in [0.15, 0.2) is 11.2 Å². The Morgan fingerprint density at radius 1 is 1.32 bits per heavy atom. The molecule has 1 saturated heterocycles. The number of nitrogens with one attached hydrogen (secondary N) is 2. The van der Waals surface area contributed by atoms with Crippen molar-refractivity contribution in [3.63, 3.8) is 0 Å². The van der Waals surface area contributed by atoms with Crippen LogP contribution in [0, 0.1) is 0 Å². The number of hydrogen-bond acceptors (Lipinski definition) is 4. The molecule has 0 radical (unpaired) electrons. The Hall–Kier alpha value is -1.63. The van der Waals surface area contributed by atoms with Crippen molar-refractivity contribution in [2.24, 2.45) is 4.99 Å². The third-order valence-corrected chi connectivity index (χ3v) is 5.36. The zero-order chi connectivity index (χ0) is 17.9. The predicted molar refractivity (Wildman–Crippen MR) is 104 cm³/mol. The summed E-state index contributed by atoms with van der Waals surface area (Å²) in [4.78, 5) is 24.3. The maximum Gasteiger partial charge on any atom is 0.222 e. The molecule has 0 bridgehead atoms. The Balaban J connectivity index is 1.74. The first-order valence-corrected chi connectivity index (χ1v) is 10.3. The average Bonchev–Trinajstić information content (AvgIpc) is 2.99. The van der Waals surface area contributed by atoms with E-state index in [1.807, 2.05) is 11.1 Å². The third-order valence-electron chi connectivity index (χ3n) is 4.24. The van der Waals surface area contributed by atoms with Gasteiger partial charge < -0.3 is 15.5 Å². The van der Waals surface area contributed by atoms with Crippen LogP contribution in [0.5, 0.6) is 0 Å². The van der Waals surface area contributed by atoms with E-state index < -0.39 is 0 Å². The highest BCUT2D eigenvalue weighted by molar-refractivity contribution is 7.11. The Morgan fingerprint density at radius 2 is 2.20 bits per heavy atom. The standard InChI is InChI=1S/C18H31N5OS/c1-3-15-13-21-16(25-15)14-22-18(19-4-2)20-10-8-12-23-11-7-5-6-9-17(23)24/h13H,3-12,14H2,1-2H3,(H2,19,20,22). The van der Waals surface area contributed by atoms with E-state index in [1.165, 1.54) is 11.3 Å². The number of likely N-dealkylation sites (tertiary alicyclic amines) is 1. The van der Waals surface area contributed by atoms with E-state index in [0.29, 0.717) is 18.9 Å². The molecule has 140 valence electrons. The molecule has 1 aliphatic heterocycles. The van der Waals surface area contributed by atoms with Crippen LogP contribution in [0.2, 0.25) is 0 Å². The molecule has 0 aromatic carbocycles. The van der Waals surface area contributed by atoms with Gasteiger partial charge >= 0.3 is 0 Å². The summed E-state index contributed by atoms with van der Waals surface area (Å²) in [6.45, 7) is 8.19. The lowest BCUT2D eigenvalue weighted by atomic mass is 10.2. The lowest BCUT2D eigenvalue weighted by Crippen LogP contribution is -2.39. The van der Waals surface area contributed by atoms with Gasteiger partial charge in [-0.25, -0.2) is 9.98 Å². The molecule has 0 atom stereocenters. The van der Waals surface area contributed by atoms with Crippen molar-refractivity contribution in [3.05, 3.63) is 16.1 Å². The van der Waals surface area contributed by atoms with Crippen molar-refractivity contribution in [1.29, 1.82) is 0 Å². The first kappa shape index (κ1) is 19.7. The van der Waals surface area contributed by atoms with E-state index in [2.05, 4.69) is 34.5 Å². The minimum atomic E-state index is 0.313. The molecule has 2 N–H and O–H groups in total. The normalized spacial score (nSPS) is 16.0. The molecule has 7 heteroatoms. The minimum Gasteiger partial charge on any atom is -0.357 e. The Morgan fingerprint density at radius 3 is 2.96 bits per heavy atom. The molecular formula is C18H31N5OS. The Bertz CT molecular complexity index is 557. The fourth-order valence-corrected chi connectivity index (χ4v) is 3.61. The number of aliphatic imine (C=N–C) groups is 1. The number of aryl methyl sites for hydroxylation is 1. The molecule has 25 heavy (non-hydrogen) atoms. The predicted octanol–water partition coefficient (Wildman–Crippen LogP) is 2.55. The van der Waals surface area contributed by atoms with Gasteiger partial charge in [-0.15, -0.1) is 11.3 Å². The highest BCUT2D eigenvalue weighted by Crippen LogP contribution is 2.14. The molecule has 2 heterocycles. The maximum absolute atomic E-state index is 12.0. The van der Waals surface area contributed by atoms with Gasteiger partial charge in [-0.2, -0.15) is 0 Å². The van der Waals surface area contributed by atoms with Crippen LogP contribution in [-0.2, 0) is 17.8 Å². The molecule has 0 unspecified atom stereocenters. The summed E-state index contributed by atoms with van der Waals surface area (Å²) < 4.78 is 0. The van der Waals surface area contributed by atoms with Crippen LogP contribution < -0.4 is 10.6 Å². The van der Waals surface area contributed by atoms with Crippen molar-refractivity contribution in [1.82, 2.24) is 20.5 Å². The minimum absolute atomic E-state index is 0.313. The van der Waals surface area contributed by atoms with Crippen LogP contribution in [-0.4, -0.2) is 47.9 Å². The largest absolute Gasteiger partial charge is 0.357 e. The van der Waals surface area contributed by atoms with Gasteiger partial charge in [-0.05, 0) is 32.6 Å². The highest BCUT2D eigenvalue weighted by atomic mass is 32.1. The van der Waals surface area contributed by atoms with E-state index in [-0.39, 0.29) is 0 Å². The van der Waals surface area contributed by atoms with E-state index in [9.17, 15) is 4.79 Å². The zero-order valence-electron chi connectivity index (χ0n) is 15.5. The first-order valence-electron chi connectivity index (χ1n) is 9.46. The third kappa shape index (κ3) is 7.02. The van der Waals surface area contributed by atoms with Crippen molar-refractivity contribution >= 4 is 23.2 Å². The van der Waals surface area contributed by atoms with Crippen LogP contribution in [0.4, 0.5) is 0 Å². The number of thiazole rings is 1. The van der Waals surface area contributed by atoms with Gasteiger partial charge in [0.25, 0.3) is 0 Å². The molecule has 6 nitrogen and oxygen atoms in total. The number of rotatable bonds is 8. The number of amides is 1. The van der Waals surface area contributed by atoms with E-state index in [1.54, 1.807) is 11.3 Å². The maximum atomic E-state index is 12.0. The Labute approximate surface area is 155 Å². The molecule has 1 aliphatic rings. The fraction of sp³-hybridized carbons (Fsp3) is 0.722. The van der Waals surface area contributed by atoms with Crippen molar-refractivity contribution < 1.29 is 4.79 Å². The SMILES string of the molecule is CCNC(=NCc1ncc(CC)s1)NCCCN1CCCCCC1=O. The van der Waals surface area contributed by atoms with Gasteiger partial charge in [-0.1, -0.05) is 13.3 Å². The second-order valence-corrected chi connectivity index (χ2v) is 7.44. The number of nitrogens with zero attached hydrogens (tertiary/aromatic N) is 3. The van der Waals surface area contributed by atoms with Crippen LogP contribution in [0.25, 0.3) is 0 Å². The van der Waals surface area contributed by atoms with E-state index in [0.717, 1.165) is 62.8 Å². The van der Waals surface area contributed by atoms with Gasteiger partial charge in [0.2, 0.25) is 5.91 Å². The second kappa shape index (κ2) is 11.1. The molecule has 1 amide bonds. The van der Waals surface area contributed by atoms with Gasteiger partial charge in [0, 0.05) is 43.7 Å². The van der Waals surface area contributed by atoms with Crippen LogP contribution >= 0.6 is 11.3 Å². The number of guanidine groups is 1. The summed E-state index contributed by atoms with van der Waals surface area (Å²) >= 11 is 1.72. The van der Waals surface area contributed by atoms with Crippen LogP contribution in [0.1, 0.15) is 55.8 Å². The van der Waals surface area contributed by atoms with Gasteiger partial charge in [0.1, 0.15) is 5.01 Å². The lowest BCUT2D eigenvalue weighted by Gasteiger charge is -2.20. The average molecular weight is 366 g/mol. The molecule has 2 rings (SSSR count).